The molecule has 1 atom stereocenters. The Morgan fingerprint density at radius 2 is 1.54 bits per heavy atom. The van der Waals surface area contributed by atoms with Crippen molar-refractivity contribution in [2.45, 2.75) is 26.3 Å². The average Bonchev–Trinajstić information content (AvgIpc) is 3.14. The van der Waals surface area contributed by atoms with Gasteiger partial charge in [0.05, 0.1) is 32.3 Å². The van der Waals surface area contributed by atoms with Gasteiger partial charge in [-0.25, -0.2) is 0 Å². The number of anilines is 1. The van der Waals surface area contributed by atoms with Crippen LogP contribution in [-0.4, -0.2) is 42.1 Å². The van der Waals surface area contributed by atoms with Crippen molar-refractivity contribution in [1.29, 1.82) is 0 Å². The number of nitrogens with zero attached hydrogens (tertiary/aromatic N) is 1. The summed E-state index contributed by atoms with van der Waals surface area (Å²) in [5.74, 6) is -1.86. The topological polar surface area (TPSA) is 113 Å². The number of hydrogen-bond donors (Lipinski definition) is 2. The number of carboxylic acid groups (broad SMARTS) is 1. The quantitative estimate of drug-likeness (QED) is 0.277. The number of aliphatic hydroxyl groups is 1. The lowest BCUT2D eigenvalue weighted by atomic mass is 9.92. The van der Waals surface area contributed by atoms with Gasteiger partial charge < -0.3 is 19.7 Å². The third kappa shape index (κ3) is 4.65. The molecule has 3 aromatic carbocycles. The van der Waals surface area contributed by atoms with Crippen LogP contribution in [0.4, 0.5) is 5.69 Å². The average molecular weight is 502 g/mol. The van der Waals surface area contributed by atoms with Gasteiger partial charge in [0, 0.05) is 16.8 Å². The highest BCUT2D eigenvalue weighted by Gasteiger charge is 2.48. The Hall–Kier alpha value is -4.59. The maximum absolute atomic E-state index is 13.5. The molecule has 190 valence electrons. The van der Waals surface area contributed by atoms with E-state index in [1.807, 2.05) is 6.92 Å². The van der Waals surface area contributed by atoms with Crippen LogP contribution in [0.5, 0.6) is 11.5 Å². The van der Waals surface area contributed by atoms with Crippen LogP contribution in [-0.2, 0) is 20.8 Å². The van der Waals surface area contributed by atoms with E-state index in [4.69, 9.17) is 14.6 Å². The number of rotatable bonds is 7. The fourth-order valence-electron chi connectivity index (χ4n) is 4.64. The Morgan fingerprint density at radius 1 is 0.892 bits per heavy atom. The Kier molecular flexibility index (Phi) is 7.02. The molecule has 8 heteroatoms. The molecule has 1 amide bonds. The summed E-state index contributed by atoms with van der Waals surface area (Å²) in [5.41, 5.74) is 3.21. The molecule has 0 aliphatic carbocycles. The SMILES string of the molecule is COc1cc(C)c(/C(O)=C2\C(=O)C(=O)N(c3ccc(CC(=O)O)cc3)C2c2ccccc2OC)cc1C. The van der Waals surface area contributed by atoms with Crippen LogP contribution in [0, 0.1) is 13.8 Å². The minimum Gasteiger partial charge on any atom is -0.507 e. The number of carbonyl (C=O) groups is 3. The van der Waals surface area contributed by atoms with Crippen LogP contribution in [0.3, 0.4) is 0 Å². The third-order valence-corrected chi connectivity index (χ3v) is 6.44. The monoisotopic (exact) mass is 501 g/mol. The Bertz CT molecular complexity index is 1420. The van der Waals surface area contributed by atoms with E-state index in [0.29, 0.717) is 39.4 Å². The fourth-order valence-corrected chi connectivity index (χ4v) is 4.64. The first-order chi connectivity index (χ1) is 17.7. The van der Waals surface area contributed by atoms with Gasteiger partial charge in [0.25, 0.3) is 11.7 Å². The standard InChI is InChI=1S/C29H27NO7/c1-16-14-23(37-4)17(2)13-21(16)27(33)25-26(20-7-5-6-8-22(20)36-3)30(29(35)28(25)34)19-11-9-18(10-12-19)15-24(31)32/h5-14,26,33H,15H2,1-4H3,(H,31,32)/b27-25+. The molecule has 0 saturated carbocycles. The minimum absolute atomic E-state index is 0.0724. The lowest BCUT2D eigenvalue weighted by Crippen LogP contribution is -2.29. The number of methoxy groups -OCH3 is 2. The summed E-state index contributed by atoms with van der Waals surface area (Å²) in [6.45, 7) is 3.61. The molecular formula is C29H27NO7. The van der Waals surface area contributed by atoms with E-state index in [-0.39, 0.29) is 17.8 Å². The predicted octanol–water partition coefficient (Wildman–Crippen LogP) is 4.57. The van der Waals surface area contributed by atoms with Crippen LogP contribution >= 0.6 is 0 Å². The van der Waals surface area contributed by atoms with Crippen LogP contribution in [0.1, 0.15) is 33.9 Å². The molecule has 37 heavy (non-hydrogen) atoms. The molecule has 0 bridgehead atoms. The molecule has 1 heterocycles. The van der Waals surface area contributed by atoms with Gasteiger partial charge in [-0.1, -0.05) is 30.3 Å². The summed E-state index contributed by atoms with van der Waals surface area (Å²) in [7, 11) is 3.04. The highest BCUT2D eigenvalue weighted by molar-refractivity contribution is 6.51. The molecule has 3 aromatic rings. The predicted molar refractivity (Wildman–Crippen MR) is 138 cm³/mol. The van der Waals surface area contributed by atoms with E-state index in [1.54, 1.807) is 74.7 Å². The number of aliphatic carboxylic acids is 1. The zero-order valence-corrected chi connectivity index (χ0v) is 20.9. The number of carboxylic acids is 1. The molecule has 1 aliphatic rings. The second-order valence-corrected chi connectivity index (χ2v) is 8.78. The first kappa shape index (κ1) is 25.5. The summed E-state index contributed by atoms with van der Waals surface area (Å²) in [4.78, 5) is 39.3. The zero-order chi connectivity index (χ0) is 26.9. The van der Waals surface area contributed by atoms with Crippen LogP contribution in [0.15, 0.2) is 66.2 Å². The number of hydrogen-bond acceptors (Lipinski definition) is 6. The summed E-state index contributed by atoms with van der Waals surface area (Å²) in [6, 6.07) is 15.9. The van der Waals surface area contributed by atoms with Gasteiger partial charge in [0.15, 0.2) is 0 Å². The van der Waals surface area contributed by atoms with Gasteiger partial charge in [0.2, 0.25) is 0 Å². The first-order valence-corrected chi connectivity index (χ1v) is 11.6. The van der Waals surface area contributed by atoms with Gasteiger partial charge in [-0.15, -0.1) is 0 Å². The van der Waals surface area contributed by atoms with E-state index in [9.17, 15) is 19.5 Å². The van der Waals surface area contributed by atoms with E-state index < -0.39 is 23.7 Å². The number of para-hydroxylation sites is 1. The van der Waals surface area contributed by atoms with Crippen molar-refractivity contribution in [3.63, 3.8) is 0 Å². The maximum Gasteiger partial charge on any atom is 0.307 e. The number of ether oxygens (including phenoxy) is 2. The summed E-state index contributed by atoms with van der Waals surface area (Å²) in [6.07, 6.45) is -0.175. The molecule has 1 saturated heterocycles. The summed E-state index contributed by atoms with van der Waals surface area (Å²) in [5, 5.41) is 20.6. The van der Waals surface area contributed by atoms with Crippen LogP contribution in [0.2, 0.25) is 0 Å². The number of aryl methyl sites for hydroxylation is 2. The van der Waals surface area contributed by atoms with Crippen molar-refractivity contribution in [3.8, 4) is 11.5 Å². The van der Waals surface area contributed by atoms with Crippen LogP contribution in [0.25, 0.3) is 5.76 Å². The summed E-state index contributed by atoms with van der Waals surface area (Å²) >= 11 is 0. The number of amides is 1. The number of ketones is 1. The minimum atomic E-state index is -0.983. The molecule has 4 rings (SSSR count). The fraction of sp³-hybridized carbons (Fsp3) is 0.207. The van der Waals surface area contributed by atoms with Gasteiger partial charge >= 0.3 is 5.97 Å². The van der Waals surface area contributed by atoms with Gasteiger partial charge in [-0.2, -0.15) is 0 Å². The molecule has 2 N–H and O–H groups in total. The molecule has 0 aromatic heterocycles. The molecule has 8 nitrogen and oxygen atoms in total. The molecular weight excluding hydrogens is 474 g/mol. The molecule has 1 unspecified atom stereocenters. The lowest BCUT2D eigenvalue weighted by molar-refractivity contribution is -0.136. The summed E-state index contributed by atoms with van der Waals surface area (Å²) < 4.78 is 10.9. The number of Topliss-reactive ketones (excluding diaryl/α,β-unsaturated/α-hetero) is 1. The Morgan fingerprint density at radius 3 is 2.16 bits per heavy atom. The molecule has 1 fully saturated rings. The Labute approximate surface area is 214 Å². The Balaban J connectivity index is 1.95. The van der Waals surface area contributed by atoms with Crippen molar-refractivity contribution in [1.82, 2.24) is 0 Å². The van der Waals surface area contributed by atoms with Crippen molar-refractivity contribution in [2.75, 3.05) is 19.1 Å². The highest BCUT2D eigenvalue weighted by Crippen LogP contribution is 2.45. The van der Waals surface area contributed by atoms with E-state index in [1.165, 1.54) is 12.0 Å². The van der Waals surface area contributed by atoms with Gasteiger partial charge in [0.1, 0.15) is 17.3 Å². The van der Waals surface area contributed by atoms with Gasteiger partial charge in [-0.05, 0) is 60.9 Å². The van der Waals surface area contributed by atoms with Crippen molar-refractivity contribution in [3.05, 3.63) is 94.1 Å². The lowest BCUT2D eigenvalue weighted by Gasteiger charge is -2.27. The zero-order valence-electron chi connectivity index (χ0n) is 20.9. The third-order valence-electron chi connectivity index (χ3n) is 6.44. The number of carbonyl (C=O) groups excluding carboxylic acids is 2. The van der Waals surface area contributed by atoms with E-state index >= 15 is 0 Å². The van der Waals surface area contributed by atoms with Crippen molar-refractivity contribution >= 4 is 29.1 Å². The highest BCUT2D eigenvalue weighted by atomic mass is 16.5. The second-order valence-electron chi connectivity index (χ2n) is 8.78. The van der Waals surface area contributed by atoms with Crippen LogP contribution < -0.4 is 14.4 Å². The maximum atomic E-state index is 13.5. The van der Waals surface area contributed by atoms with Gasteiger partial charge in [-0.3, -0.25) is 19.3 Å². The van der Waals surface area contributed by atoms with Crippen molar-refractivity contribution < 1.29 is 34.1 Å². The van der Waals surface area contributed by atoms with Crippen molar-refractivity contribution in [2.24, 2.45) is 0 Å². The van der Waals surface area contributed by atoms with E-state index in [0.717, 1.165) is 5.56 Å². The smallest absolute Gasteiger partial charge is 0.307 e. The number of aliphatic hydroxyl groups excluding tert-OH is 1. The first-order valence-electron chi connectivity index (χ1n) is 11.6. The molecule has 1 aliphatic heterocycles. The molecule has 0 spiro atoms. The molecule has 0 radical (unpaired) electrons. The normalized spacial score (nSPS) is 16.6. The second kappa shape index (κ2) is 10.2. The van der Waals surface area contributed by atoms with E-state index in [2.05, 4.69) is 0 Å². The number of benzene rings is 3. The largest absolute Gasteiger partial charge is 0.507 e.